The highest BCUT2D eigenvalue weighted by molar-refractivity contribution is 9.11. The first-order valence-corrected chi connectivity index (χ1v) is 10.9. The fraction of sp³-hybridized carbons (Fsp3) is 0.208. The maximum Gasteiger partial charge on any atom is 0.119 e. The van der Waals surface area contributed by atoms with Crippen LogP contribution < -0.4 is 4.74 Å². The molecule has 4 heteroatoms. The molecule has 1 atom stereocenters. The summed E-state index contributed by atoms with van der Waals surface area (Å²) >= 11 is 7.03. The molecule has 0 amide bonds. The zero-order chi connectivity index (χ0) is 19.9. The number of halogens is 2. The Kier molecular flexibility index (Phi) is 7.46. The Morgan fingerprint density at radius 2 is 1.68 bits per heavy atom. The van der Waals surface area contributed by atoms with E-state index < -0.39 is 0 Å². The molecule has 2 nitrogen and oxygen atoms in total. The largest absolute Gasteiger partial charge is 0.489 e. The molecule has 0 spiro atoms. The van der Waals surface area contributed by atoms with E-state index in [0.717, 1.165) is 37.9 Å². The van der Waals surface area contributed by atoms with Crippen molar-refractivity contribution < 1.29 is 4.74 Å². The van der Waals surface area contributed by atoms with Crippen molar-refractivity contribution in [1.29, 1.82) is 0 Å². The molecule has 0 aliphatic carbocycles. The highest BCUT2D eigenvalue weighted by Crippen LogP contribution is 2.24. The van der Waals surface area contributed by atoms with Gasteiger partial charge < -0.3 is 4.74 Å². The van der Waals surface area contributed by atoms with Gasteiger partial charge in [0.25, 0.3) is 0 Å². The third-order valence-electron chi connectivity index (χ3n) is 4.73. The number of nitrogens with zero attached hydrogens (tertiary/aromatic N) is 1. The van der Waals surface area contributed by atoms with Crippen molar-refractivity contribution in [2.75, 3.05) is 0 Å². The third kappa shape index (κ3) is 5.79. The van der Waals surface area contributed by atoms with Gasteiger partial charge in [0.15, 0.2) is 0 Å². The molecular formula is C24H23Br2NO. The van der Waals surface area contributed by atoms with Crippen molar-refractivity contribution in [2.24, 2.45) is 4.99 Å². The van der Waals surface area contributed by atoms with Gasteiger partial charge in [0.1, 0.15) is 12.4 Å². The minimum Gasteiger partial charge on any atom is -0.489 e. The van der Waals surface area contributed by atoms with E-state index >= 15 is 0 Å². The van der Waals surface area contributed by atoms with Crippen LogP contribution in [0.4, 0.5) is 5.69 Å². The van der Waals surface area contributed by atoms with Crippen LogP contribution in [0, 0.1) is 0 Å². The molecule has 0 aromatic heterocycles. The van der Waals surface area contributed by atoms with Crippen molar-refractivity contribution in [3.63, 3.8) is 0 Å². The van der Waals surface area contributed by atoms with Crippen LogP contribution in [0.15, 0.2) is 80.7 Å². The van der Waals surface area contributed by atoms with E-state index in [1.807, 2.05) is 48.7 Å². The molecular weight excluding hydrogens is 478 g/mol. The van der Waals surface area contributed by atoms with Crippen LogP contribution in [-0.4, -0.2) is 6.21 Å². The quantitative estimate of drug-likeness (QED) is 0.300. The molecule has 0 unspecified atom stereocenters. The summed E-state index contributed by atoms with van der Waals surface area (Å²) in [4.78, 5) is 4.57. The van der Waals surface area contributed by atoms with Crippen LogP contribution in [0.5, 0.6) is 5.75 Å². The van der Waals surface area contributed by atoms with E-state index in [9.17, 15) is 0 Å². The number of hydrogen-bond donors (Lipinski definition) is 0. The summed E-state index contributed by atoms with van der Waals surface area (Å²) in [5.74, 6) is 1.42. The second kappa shape index (κ2) is 10.0. The van der Waals surface area contributed by atoms with Gasteiger partial charge in [0, 0.05) is 20.7 Å². The predicted octanol–water partition coefficient (Wildman–Crippen LogP) is 8.05. The van der Waals surface area contributed by atoms with E-state index in [1.165, 1.54) is 5.56 Å². The number of rotatable bonds is 7. The molecule has 0 N–H and O–H groups in total. The molecule has 0 radical (unpaired) electrons. The van der Waals surface area contributed by atoms with Gasteiger partial charge in [-0.1, -0.05) is 63.9 Å². The zero-order valence-electron chi connectivity index (χ0n) is 16.0. The molecule has 28 heavy (non-hydrogen) atoms. The van der Waals surface area contributed by atoms with Gasteiger partial charge in [-0.2, -0.15) is 0 Å². The molecule has 0 aliphatic heterocycles. The van der Waals surface area contributed by atoms with Crippen LogP contribution in [0.2, 0.25) is 0 Å². The molecule has 0 fully saturated rings. The van der Waals surface area contributed by atoms with E-state index in [0.29, 0.717) is 12.5 Å². The highest BCUT2D eigenvalue weighted by Gasteiger charge is 2.03. The standard InChI is InChI=1S/C24H23Br2NO/c1-3-17(2)19-7-10-22(11-8-19)27-15-18-4-12-23(13-5-18)28-16-20-6-9-21(25)14-24(20)26/h4-15,17H,3,16H2,1-2H3/t17-/m0/s1. The van der Waals surface area contributed by atoms with Gasteiger partial charge in [0.05, 0.1) is 5.69 Å². The zero-order valence-corrected chi connectivity index (χ0v) is 19.2. The van der Waals surface area contributed by atoms with Crippen molar-refractivity contribution >= 4 is 43.8 Å². The molecule has 3 rings (SSSR count). The van der Waals surface area contributed by atoms with Crippen LogP contribution in [-0.2, 0) is 6.61 Å². The Morgan fingerprint density at radius 1 is 0.964 bits per heavy atom. The first-order valence-electron chi connectivity index (χ1n) is 9.36. The maximum absolute atomic E-state index is 5.89. The average Bonchev–Trinajstić information content (AvgIpc) is 2.72. The second-order valence-corrected chi connectivity index (χ2v) is 8.52. The molecule has 144 valence electrons. The number of hydrogen-bond acceptors (Lipinski definition) is 2. The Hall–Kier alpha value is -1.91. The second-order valence-electron chi connectivity index (χ2n) is 6.75. The summed E-state index contributed by atoms with van der Waals surface area (Å²) in [5.41, 5.74) is 4.48. The van der Waals surface area contributed by atoms with E-state index in [4.69, 9.17) is 4.74 Å². The van der Waals surface area contributed by atoms with Crippen molar-refractivity contribution in [1.82, 2.24) is 0 Å². The molecule has 0 aliphatic rings. The lowest BCUT2D eigenvalue weighted by Gasteiger charge is -2.09. The predicted molar refractivity (Wildman–Crippen MR) is 125 cm³/mol. The number of benzene rings is 3. The van der Waals surface area contributed by atoms with Gasteiger partial charge in [-0.3, -0.25) is 4.99 Å². The lowest BCUT2D eigenvalue weighted by Crippen LogP contribution is -1.96. The molecule has 3 aromatic rings. The molecule has 0 bridgehead atoms. The van der Waals surface area contributed by atoms with E-state index in [2.05, 4.69) is 75.0 Å². The summed E-state index contributed by atoms with van der Waals surface area (Å²) in [6.07, 6.45) is 3.03. The van der Waals surface area contributed by atoms with Gasteiger partial charge >= 0.3 is 0 Å². The van der Waals surface area contributed by atoms with E-state index in [-0.39, 0.29) is 0 Å². The van der Waals surface area contributed by atoms with Gasteiger partial charge in [-0.05, 0) is 72.0 Å². The molecule has 3 aromatic carbocycles. The molecule has 0 saturated heterocycles. The summed E-state index contributed by atoms with van der Waals surface area (Å²) in [7, 11) is 0. The smallest absolute Gasteiger partial charge is 0.119 e. The number of ether oxygens (including phenoxy) is 1. The summed E-state index contributed by atoms with van der Waals surface area (Å²) in [5, 5.41) is 0. The first-order chi connectivity index (χ1) is 13.5. The molecule has 0 heterocycles. The lowest BCUT2D eigenvalue weighted by atomic mass is 9.99. The summed E-state index contributed by atoms with van der Waals surface area (Å²) in [6, 6.07) is 22.5. The Morgan fingerprint density at radius 3 is 2.32 bits per heavy atom. The highest BCUT2D eigenvalue weighted by atomic mass is 79.9. The van der Waals surface area contributed by atoms with Crippen molar-refractivity contribution in [3.05, 3.63) is 92.4 Å². The fourth-order valence-corrected chi connectivity index (χ4v) is 3.89. The van der Waals surface area contributed by atoms with Gasteiger partial charge in [-0.25, -0.2) is 0 Å². The topological polar surface area (TPSA) is 21.6 Å². The average molecular weight is 501 g/mol. The Bertz CT molecular complexity index is 934. The van der Waals surface area contributed by atoms with Crippen LogP contribution in [0.25, 0.3) is 0 Å². The normalized spacial score (nSPS) is 12.3. The monoisotopic (exact) mass is 499 g/mol. The Labute approximate surface area is 183 Å². The maximum atomic E-state index is 5.89. The van der Waals surface area contributed by atoms with Crippen molar-refractivity contribution in [3.8, 4) is 5.75 Å². The summed E-state index contributed by atoms with van der Waals surface area (Å²) in [6.45, 7) is 4.98. The Balaban J connectivity index is 1.58. The van der Waals surface area contributed by atoms with Gasteiger partial charge in [-0.15, -0.1) is 0 Å². The first kappa shape index (κ1) is 20.8. The lowest BCUT2D eigenvalue weighted by molar-refractivity contribution is 0.305. The van der Waals surface area contributed by atoms with Crippen LogP contribution in [0.1, 0.15) is 42.9 Å². The molecule has 0 saturated carbocycles. The van der Waals surface area contributed by atoms with Crippen molar-refractivity contribution in [2.45, 2.75) is 32.8 Å². The fourth-order valence-electron chi connectivity index (χ4n) is 2.72. The van der Waals surface area contributed by atoms with Gasteiger partial charge in [0.2, 0.25) is 0 Å². The van der Waals surface area contributed by atoms with Crippen LogP contribution in [0.3, 0.4) is 0 Å². The summed E-state index contributed by atoms with van der Waals surface area (Å²) < 4.78 is 7.96. The number of aliphatic imine (C=N–C) groups is 1. The minimum absolute atomic E-state index is 0.518. The van der Waals surface area contributed by atoms with E-state index in [1.54, 1.807) is 0 Å². The third-order valence-corrected chi connectivity index (χ3v) is 5.96. The SMILES string of the molecule is CC[C@H](C)c1ccc(N=Cc2ccc(OCc3ccc(Br)cc3Br)cc2)cc1. The minimum atomic E-state index is 0.518. The van der Waals surface area contributed by atoms with Crippen LogP contribution >= 0.6 is 31.9 Å².